The summed E-state index contributed by atoms with van der Waals surface area (Å²) in [6.07, 6.45) is 5.95. The average Bonchev–Trinajstić information content (AvgIpc) is 2.24. The van der Waals surface area contributed by atoms with Crippen molar-refractivity contribution >= 4 is 11.8 Å². The maximum Gasteiger partial charge on any atom is 0.224 e. The fraction of sp³-hybridized carbons (Fsp3) is 0.667. The molecule has 1 aromatic rings. The minimum Gasteiger partial charge on any atom is -0.359 e. The zero-order valence-electron chi connectivity index (χ0n) is 10.1. The van der Waals surface area contributed by atoms with Crippen molar-refractivity contribution in [1.82, 2.24) is 9.97 Å². The Morgan fingerprint density at radius 2 is 2.31 bits per heavy atom. The number of anilines is 2. The van der Waals surface area contributed by atoms with Crippen LogP contribution in [0.15, 0.2) is 12.3 Å². The Kier molecular flexibility index (Phi) is 3.59. The Balaban J connectivity index is 1.97. The van der Waals surface area contributed by atoms with Crippen LogP contribution in [0.3, 0.4) is 0 Å². The van der Waals surface area contributed by atoms with Gasteiger partial charge in [0.1, 0.15) is 5.82 Å². The number of nitrogens with zero attached hydrogens (tertiary/aromatic N) is 3. The van der Waals surface area contributed by atoms with Crippen LogP contribution in [0.5, 0.6) is 0 Å². The van der Waals surface area contributed by atoms with Crippen molar-refractivity contribution in [3.8, 4) is 0 Å². The van der Waals surface area contributed by atoms with Crippen LogP contribution in [-0.2, 0) is 0 Å². The van der Waals surface area contributed by atoms with Gasteiger partial charge in [0.2, 0.25) is 5.95 Å². The Labute approximate surface area is 97.1 Å². The molecule has 1 aliphatic rings. The largest absolute Gasteiger partial charge is 0.359 e. The van der Waals surface area contributed by atoms with E-state index in [0.717, 1.165) is 30.8 Å². The standard InChI is InChI=1S/C12H20N4/c1-3-13-12-14-8-7-11(15-12)16(2)9-10-5-4-6-10/h7-8,10H,3-6,9H2,1-2H3,(H,13,14,15). The van der Waals surface area contributed by atoms with E-state index >= 15 is 0 Å². The third-order valence-electron chi connectivity index (χ3n) is 3.12. The van der Waals surface area contributed by atoms with Gasteiger partial charge in [0.05, 0.1) is 0 Å². The molecule has 0 spiro atoms. The van der Waals surface area contributed by atoms with Crippen LogP contribution in [-0.4, -0.2) is 30.1 Å². The molecule has 0 aromatic carbocycles. The van der Waals surface area contributed by atoms with Crippen LogP contribution >= 0.6 is 0 Å². The van der Waals surface area contributed by atoms with Crippen LogP contribution in [0, 0.1) is 5.92 Å². The van der Waals surface area contributed by atoms with Crippen molar-refractivity contribution in [2.45, 2.75) is 26.2 Å². The second-order valence-corrected chi connectivity index (χ2v) is 4.45. The number of nitrogens with one attached hydrogen (secondary N) is 1. The van der Waals surface area contributed by atoms with Gasteiger partial charge in [-0.05, 0) is 31.7 Å². The van der Waals surface area contributed by atoms with Crippen molar-refractivity contribution < 1.29 is 0 Å². The van der Waals surface area contributed by atoms with E-state index in [1.54, 1.807) is 0 Å². The fourth-order valence-electron chi connectivity index (χ4n) is 1.96. The molecule has 1 aliphatic carbocycles. The predicted octanol–water partition coefficient (Wildman–Crippen LogP) is 2.14. The third kappa shape index (κ3) is 2.62. The lowest BCUT2D eigenvalue weighted by atomic mass is 9.85. The van der Waals surface area contributed by atoms with Crippen molar-refractivity contribution in [2.75, 3.05) is 30.4 Å². The highest BCUT2D eigenvalue weighted by atomic mass is 15.2. The SMILES string of the molecule is CCNc1nccc(N(C)CC2CCC2)n1. The second-order valence-electron chi connectivity index (χ2n) is 4.45. The van der Waals surface area contributed by atoms with Crippen molar-refractivity contribution in [3.63, 3.8) is 0 Å². The number of rotatable bonds is 5. The summed E-state index contributed by atoms with van der Waals surface area (Å²) in [5.74, 6) is 2.60. The van der Waals surface area contributed by atoms with E-state index in [2.05, 4.69) is 27.2 Å². The van der Waals surface area contributed by atoms with Gasteiger partial charge in [-0.15, -0.1) is 0 Å². The zero-order chi connectivity index (χ0) is 11.4. The first-order chi connectivity index (χ1) is 7.79. The quantitative estimate of drug-likeness (QED) is 0.825. The molecule has 88 valence electrons. The van der Waals surface area contributed by atoms with Gasteiger partial charge in [0, 0.05) is 26.3 Å². The molecular formula is C12H20N4. The minimum atomic E-state index is 0.723. The Morgan fingerprint density at radius 3 is 2.94 bits per heavy atom. The van der Waals surface area contributed by atoms with E-state index in [4.69, 9.17) is 0 Å². The summed E-state index contributed by atoms with van der Waals surface area (Å²) in [5.41, 5.74) is 0. The summed E-state index contributed by atoms with van der Waals surface area (Å²) in [6.45, 7) is 4.02. The molecule has 0 bridgehead atoms. The van der Waals surface area contributed by atoms with Crippen LogP contribution in [0.25, 0.3) is 0 Å². The summed E-state index contributed by atoms with van der Waals surface area (Å²) in [7, 11) is 2.11. The molecule has 0 amide bonds. The van der Waals surface area contributed by atoms with Gasteiger partial charge in [0.15, 0.2) is 0 Å². The molecule has 0 atom stereocenters. The van der Waals surface area contributed by atoms with Crippen molar-refractivity contribution in [1.29, 1.82) is 0 Å². The van der Waals surface area contributed by atoms with Gasteiger partial charge >= 0.3 is 0 Å². The first-order valence-electron chi connectivity index (χ1n) is 6.07. The first-order valence-corrected chi connectivity index (χ1v) is 6.07. The molecule has 1 saturated carbocycles. The van der Waals surface area contributed by atoms with Gasteiger partial charge in [-0.2, -0.15) is 4.98 Å². The highest BCUT2D eigenvalue weighted by Crippen LogP contribution is 2.27. The average molecular weight is 220 g/mol. The highest BCUT2D eigenvalue weighted by Gasteiger charge is 2.19. The topological polar surface area (TPSA) is 41.1 Å². The first kappa shape index (κ1) is 11.2. The Hall–Kier alpha value is -1.32. The molecule has 1 heterocycles. The smallest absolute Gasteiger partial charge is 0.224 e. The lowest BCUT2D eigenvalue weighted by molar-refractivity contribution is 0.321. The van der Waals surface area contributed by atoms with Gasteiger partial charge < -0.3 is 10.2 Å². The molecular weight excluding hydrogens is 200 g/mol. The highest BCUT2D eigenvalue weighted by molar-refractivity contribution is 5.41. The second kappa shape index (κ2) is 5.14. The molecule has 1 aromatic heterocycles. The molecule has 0 radical (unpaired) electrons. The zero-order valence-corrected chi connectivity index (χ0v) is 10.1. The maximum atomic E-state index is 4.48. The van der Waals surface area contributed by atoms with Crippen molar-refractivity contribution in [3.05, 3.63) is 12.3 Å². The van der Waals surface area contributed by atoms with Crippen LogP contribution in [0.4, 0.5) is 11.8 Å². The Morgan fingerprint density at radius 1 is 1.50 bits per heavy atom. The molecule has 4 heteroatoms. The molecule has 0 saturated heterocycles. The molecule has 1 N–H and O–H groups in total. The number of hydrogen-bond donors (Lipinski definition) is 1. The minimum absolute atomic E-state index is 0.723. The monoisotopic (exact) mass is 220 g/mol. The normalized spacial score (nSPS) is 15.6. The van der Waals surface area contributed by atoms with Gasteiger partial charge in [-0.1, -0.05) is 6.42 Å². The predicted molar refractivity (Wildman–Crippen MR) is 66.8 cm³/mol. The van der Waals surface area contributed by atoms with E-state index in [0.29, 0.717) is 0 Å². The van der Waals surface area contributed by atoms with E-state index in [9.17, 15) is 0 Å². The summed E-state index contributed by atoms with van der Waals surface area (Å²) >= 11 is 0. The fourth-order valence-corrected chi connectivity index (χ4v) is 1.96. The van der Waals surface area contributed by atoms with Crippen LogP contribution in [0.2, 0.25) is 0 Å². The molecule has 4 nitrogen and oxygen atoms in total. The molecule has 0 aliphatic heterocycles. The van der Waals surface area contributed by atoms with Crippen molar-refractivity contribution in [2.24, 2.45) is 5.92 Å². The molecule has 1 fully saturated rings. The van der Waals surface area contributed by atoms with Crippen LogP contribution in [0.1, 0.15) is 26.2 Å². The number of hydrogen-bond acceptors (Lipinski definition) is 4. The van der Waals surface area contributed by atoms with E-state index in [-0.39, 0.29) is 0 Å². The Bertz CT molecular complexity index is 336. The van der Waals surface area contributed by atoms with Gasteiger partial charge in [-0.25, -0.2) is 4.98 Å². The van der Waals surface area contributed by atoms with E-state index in [1.807, 2.05) is 19.2 Å². The third-order valence-corrected chi connectivity index (χ3v) is 3.12. The van der Waals surface area contributed by atoms with Crippen LogP contribution < -0.4 is 10.2 Å². The lowest BCUT2D eigenvalue weighted by Gasteiger charge is -2.30. The summed E-state index contributed by atoms with van der Waals surface area (Å²) in [6, 6.07) is 1.97. The summed E-state index contributed by atoms with van der Waals surface area (Å²) in [4.78, 5) is 10.9. The molecule has 16 heavy (non-hydrogen) atoms. The van der Waals surface area contributed by atoms with E-state index < -0.39 is 0 Å². The van der Waals surface area contributed by atoms with Gasteiger partial charge in [0.25, 0.3) is 0 Å². The van der Waals surface area contributed by atoms with Gasteiger partial charge in [-0.3, -0.25) is 0 Å². The number of aromatic nitrogens is 2. The molecule has 0 unspecified atom stereocenters. The summed E-state index contributed by atoms with van der Waals surface area (Å²) < 4.78 is 0. The lowest BCUT2D eigenvalue weighted by Crippen LogP contribution is -2.30. The summed E-state index contributed by atoms with van der Waals surface area (Å²) in [5, 5.41) is 3.14. The molecule has 2 rings (SSSR count). The van der Waals surface area contributed by atoms with E-state index in [1.165, 1.54) is 19.3 Å². The maximum absolute atomic E-state index is 4.48.